The molecule has 1 aromatic heterocycles. The molecule has 0 bridgehead atoms. The van der Waals surface area contributed by atoms with E-state index in [0.29, 0.717) is 23.3 Å². The maximum atomic E-state index is 10.9. The van der Waals surface area contributed by atoms with Gasteiger partial charge in [-0.15, -0.1) is 0 Å². The number of thiol groups is 1. The minimum absolute atomic E-state index is 0.223. The van der Waals surface area contributed by atoms with Crippen molar-refractivity contribution in [1.82, 2.24) is 4.98 Å². The van der Waals surface area contributed by atoms with Gasteiger partial charge in [0.25, 0.3) is 6.01 Å². The van der Waals surface area contributed by atoms with Crippen LogP contribution in [-0.2, 0) is 4.79 Å². The van der Waals surface area contributed by atoms with Crippen molar-refractivity contribution < 1.29 is 14.3 Å². The number of fused-ring (bicyclic) bond motifs is 1. The number of nitrogens with zero attached hydrogens (tertiary/aromatic N) is 1. The summed E-state index contributed by atoms with van der Waals surface area (Å²) in [5, 5.41) is 11.7. The number of hydrogen-bond acceptors (Lipinski definition) is 5. The third-order valence-corrected chi connectivity index (χ3v) is 2.57. The SMILES string of the molecule is O=C(O)[C@H](CCS)Nc1nc2ccccc2o1. The Hall–Kier alpha value is -1.69. The molecule has 0 fully saturated rings. The lowest BCUT2D eigenvalue weighted by molar-refractivity contribution is -0.138. The number of rotatable bonds is 5. The van der Waals surface area contributed by atoms with Gasteiger partial charge >= 0.3 is 5.97 Å². The summed E-state index contributed by atoms with van der Waals surface area (Å²) in [4.78, 5) is 15.1. The Morgan fingerprint density at radius 1 is 1.53 bits per heavy atom. The van der Waals surface area contributed by atoms with Gasteiger partial charge < -0.3 is 14.8 Å². The van der Waals surface area contributed by atoms with Gasteiger partial charge in [0.2, 0.25) is 0 Å². The normalized spacial score (nSPS) is 12.5. The molecule has 1 heterocycles. The van der Waals surface area contributed by atoms with Crippen LogP contribution in [0.4, 0.5) is 6.01 Å². The zero-order chi connectivity index (χ0) is 12.3. The van der Waals surface area contributed by atoms with Crippen molar-refractivity contribution in [1.29, 1.82) is 0 Å². The van der Waals surface area contributed by atoms with Gasteiger partial charge in [-0.3, -0.25) is 0 Å². The fourth-order valence-electron chi connectivity index (χ4n) is 1.47. The van der Waals surface area contributed by atoms with Crippen LogP contribution in [0.3, 0.4) is 0 Å². The Morgan fingerprint density at radius 2 is 2.29 bits per heavy atom. The van der Waals surface area contributed by atoms with Crippen molar-refractivity contribution in [2.45, 2.75) is 12.5 Å². The Kier molecular flexibility index (Phi) is 3.53. The van der Waals surface area contributed by atoms with E-state index in [-0.39, 0.29) is 6.01 Å². The van der Waals surface area contributed by atoms with Gasteiger partial charge in [0.1, 0.15) is 11.6 Å². The van der Waals surface area contributed by atoms with E-state index in [9.17, 15) is 4.79 Å². The monoisotopic (exact) mass is 252 g/mol. The first-order valence-corrected chi connectivity index (χ1v) is 5.79. The molecule has 0 amide bonds. The molecule has 0 aliphatic carbocycles. The summed E-state index contributed by atoms with van der Waals surface area (Å²) in [6, 6.07) is 6.75. The quantitative estimate of drug-likeness (QED) is 0.710. The zero-order valence-electron chi connectivity index (χ0n) is 8.96. The molecule has 1 aromatic carbocycles. The lowest BCUT2D eigenvalue weighted by Gasteiger charge is -2.10. The number of carboxylic acid groups (broad SMARTS) is 1. The second-order valence-electron chi connectivity index (χ2n) is 3.53. The third kappa shape index (κ3) is 2.71. The first kappa shape index (κ1) is 11.8. The van der Waals surface area contributed by atoms with Crippen LogP contribution in [-0.4, -0.2) is 27.9 Å². The molecule has 17 heavy (non-hydrogen) atoms. The van der Waals surface area contributed by atoms with Crippen molar-refractivity contribution >= 4 is 35.7 Å². The van der Waals surface area contributed by atoms with E-state index in [1.807, 2.05) is 12.1 Å². The van der Waals surface area contributed by atoms with Crippen LogP contribution >= 0.6 is 12.6 Å². The summed E-state index contributed by atoms with van der Waals surface area (Å²) in [6.45, 7) is 0. The average molecular weight is 252 g/mol. The van der Waals surface area contributed by atoms with E-state index < -0.39 is 12.0 Å². The van der Waals surface area contributed by atoms with Gasteiger partial charge in [-0.1, -0.05) is 12.1 Å². The topological polar surface area (TPSA) is 75.4 Å². The number of nitrogens with one attached hydrogen (secondary N) is 1. The molecule has 0 saturated carbocycles. The highest BCUT2D eigenvalue weighted by atomic mass is 32.1. The average Bonchev–Trinajstić information content (AvgIpc) is 2.70. The lowest BCUT2D eigenvalue weighted by atomic mass is 10.2. The van der Waals surface area contributed by atoms with E-state index in [4.69, 9.17) is 9.52 Å². The van der Waals surface area contributed by atoms with Crippen molar-refractivity contribution in [2.24, 2.45) is 0 Å². The van der Waals surface area contributed by atoms with E-state index in [1.165, 1.54) is 0 Å². The fraction of sp³-hybridized carbons (Fsp3) is 0.273. The highest BCUT2D eigenvalue weighted by molar-refractivity contribution is 7.80. The second kappa shape index (κ2) is 5.09. The first-order valence-electron chi connectivity index (χ1n) is 5.16. The number of benzene rings is 1. The standard InChI is InChI=1S/C11H12N2O3S/c14-10(15)8(5-6-17)13-11-12-7-3-1-2-4-9(7)16-11/h1-4,8,17H,5-6H2,(H,12,13)(H,14,15)/t8-/m0/s1. The number of carbonyl (C=O) groups is 1. The smallest absolute Gasteiger partial charge is 0.326 e. The predicted octanol–water partition coefficient (Wildman–Crippen LogP) is 2.01. The van der Waals surface area contributed by atoms with Gasteiger partial charge in [0, 0.05) is 0 Å². The number of oxazole rings is 1. The van der Waals surface area contributed by atoms with Crippen molar-refractivity contribution in [3.05, 3.63) is 24.3 Å². The molecule has 6 heteroatoms. The highest BCUT2D eigenvalue weighted by Crippen LogP contribution is 2.19. The molecular formula is C11H12N2O3S. The molecule has 0 aliphatic heterocycles. The van der Waals surface area contributed by atoms with Gasteiger partial charge in [-0.2, -0.15) is 17.6 Å². The van der Waals surface area contributed by atoms with Crippen molar-refractivity contribution in [2.75, 3.05) is 11.1 Å². The van der Waals surface area contributed by atoms with Crippen LogP contribution < -0.4 is 5.32 Å². The Labute approximate surface area is 103 Å². The Balaban J connectivity index is 2.19. The third-order valence-electron chi connectivity index (χ3n) is 2.31. The van der Waals surface area contributed by atoms with E-state index >= 15 is 0 Å². The van der Waals surface area contributed by atoms with Crippen LogP contribution in [0.15, 0.2) is 28.7 Å². The fourth-order valence-corrected chi connectivity index (χ4v) is 1.73. The molecule has 90 valence electrons. The number of aliphatic carboxylic acids is 1. The van der Waals surface area contributed by atoms with Gasteiger partial charge in [-0.05, 0) is 24.3 Å². The predicted molar refractivity (Wildman–Crippen MR) is 67.5 cm³/mol. The molecule has 0 saturated heterocycles. The van der Waals surface area contributed by atoms with Crippen molar-refractivity contribution in [3.63, 3.8) is 0 Å². The van der Waals surface area contributed by atoms with Crippen molar-refractivity contribution in [3.8, 4) is 0 Å². The van der Waals surface area contributed by atoms with Crippen LogP contribution in [0.1, 0.15) is 6.42 Å². The second-order valence-corrected chi connectivity index (χ2v) is 3.98. The summed E-state index contributed by atoms with van der Waals surface area (Å²) in [5.41, 5.74) is 1.33. The van der Waals surface area contributed by atoms with Crippen LogP contribution in [0, 0.1) is 0 Å². The molecule has 0 spiro atoms. The van der Waals surface area contributed by atoms with E-state index in [0.717, 1.165) is 0 Å². The molecule has 0 radical (unpaired) electrons. The summed E-state index contributed by atoms with van der Waals surface area (Å²) in [5.74, 6) is -0.467. The summed E-state index contributed by atoms with van der Waals surface area (Å²) < 4.78 is 5.38. The lowest BCUT2D eigenvalue weighted by Crippen LogP contribution is -2.29. The molecule has 2 N–H and O–H groups in total. The number of aromatic nitrogens is 1. The molecule has 0 aliphatic rings. The Morgan fingerprint density at radius 3 is 2.94 bits per heavy atom. The number of carboxylic acids is 1. The largest absolute Gasteiger partial charge is 0.480 e. The van der Waals surface area contributed by atoms with Gasteiger partial charge in [0.05, 0.1) is 0 Å². The van der Waals surface area contributed by atoms with Crippen LogP contribution in [0.25, 0.3) is 11.1 Å². The Bertz CT molecular complexity index is 493. The molecule has 2 rings (SSSR count). The minimum Gasteiger partial charge on any atom is -0.480 e. The van der Waals surface area contributed by atoms with E-state index in [1.54, 1.807) is 12.1 Å². The first-order chi connectivity index (χ1) is 8.20. The molecule has 5 nitrogen and oxygen atoms in total. The van der Waals surface area contributed by atoms with E-state index in [2.05, 4.69) is 22.9 Å². The number of hydrogen-bond donors (Lipinski definition) is 3. The van der Waals surface area contributed by atoms with Gasteiger partial charge in [0.15, 0.2) is 5.58 Å². The molecular weight excluding hydrogens is 240 g/mol. The summed E-state index contributed by atoms with van der Waals surface area (Å²) in [6.07, 6.45) is 0.400. The molecule has 0 unspecified atom stereocenters. The maximum absolute atomic E-state index is 10.9. The summed E-state index contributed by atoms with van der Waals surface area (Å²) in [7, 11) is 0. The molecule has 2 aromatic rings. The van der Waals surface area contributed by atoms with Gasteiger partial charge in [-0.25, -0.2) is 4.79 Å². The van der Waals surface area contributed by atoms with Crippen LogP contribution in [0.2, 0.25) is 0 Å². The number of anilines is 1. The minimum atomic E-state index is -0.943. The summed E-state index contributed by atoms with van der Waals surface area (Å²) >= 11 is 4.02. The van der Waals surface area contributed by atoms with Crippen LogP contribution in [0.5, 0.6) is 0 Å². The number of para-hydroxylation sites is 2. The highest BCUT2D eigenvalue weighted by Gasteiger charge is 2.18. The molecule has 1 atom stereocenters. The zero-order valence-corrected chi connectivity index (χ0v) is 9.85. The maximum Gasteiger partial charge on any atom is 0.326 e.